The molecule has 1 heterocycles. The first-order valence-electron chi connectivity index (χ1n) is 5.08. The number of hydrogen-bond donors (Lipinski definition) is 2. The smallest absolute Gasteiger partial charge is 0.281 e. The molecule has 1 aromatic carbocycles. The van der Waals surface area contributed by atoms with Gasteiger partial charge in [-0.15, -0.1) is 0 Å². The van der Waals surface area contributed by atoms with Crippen molar-refractivity contribution in [2.24, 2.45) is 0 Å². The molecule has 0 fully saturated rings. The Kier molecular flexibility index (Phi) is 3.59. The molecule has 0 spiro atoms. The van der Waals surface area contributed by atoms with Crippen molar-refractivity contribution in [2.75, 3.05) is 10.5 Å². The molecule has 19 heavy (non-hydrogen) atoms. The van der Waals surface area contributed by atoms with Crippen LogP contribution in [0.4, 0.5) is 15.8 Å². The Morgan fingerprint density at radius 2 is 2.05 bits per heavy atom. The fraction of sp³-hybridized carbons (Fsp3) is 0. The largest absolute Gasteiger partial charge is 0.396 e. The monoisotopic (exact) mass is 301 g/mol. The summed E-state index contributed by atoms with van der Waals surface area (Å²) in [5.41, 5.74) is 5.23. The lowest BCUT2D eigenvalue weighted by Crippen LogP contribution is -2.17. The number of aromatic nitrogens is 1. The van der Waals surface area contributed by atoms with E-state index >= 15 is 0 Å². The fourth-order valence-electron chi connectivity index (χ4n) is 1.40. The number of sulfonamides is 1. The molecule has 8 heteroatoms. The van der Waals surface area contributed by atoms with E-state index in [2.05, 4.69) is 9.71 Å². The lowest BCUT2D eigenvalue weighted by molar-refractivity contribution is 0.595. The van der Waals surface area contributed by atoms with Gasteiger partial charge in [-0.05, 0) is 30.3 Å². The Balaban J connectivity index is 2.43. The third kappa shape index (κ3) is 2.94. The van der Waals surface area contributed by atoms with Crippen LogP contribution in [0.2, 0.25) is 5.02 Å². The lowest BCUT2D eigenvalue weighted by Gasteiger charge is -2.09. The first-order chi connectivity index (χ1) is 8.90. The Morgan fingerprint density at radius 1 is 1.32 bits per heavy atom. The average molecular weight is 302 g/mol. The molecule has 0 aliphatic carbocycles. The van der Waals surface area contributed by atoms with Crippen molar-refractivity contribution in [3.63, 3.8) is 0 Å². The van der Waals surface area contributed by atoms with E-state index in [0.717, 1.165) is 12.1 Å². The van der Waals surface area contributed by atoms with Crippen LogP contribution in [-0.2, 0) is 10.0 Å². The maximum absolute atomic E-state index is 13.5. The number of nitrogen functional groups attached to an aromatic ring is 1. The van der Waals surface area contributed by atoms with Gasteiger partial charge < -0.3 is 5.73 Å². The van der Waals surface area contributed by atoms with Crippen LogP contribution < -0.4 is 10.5 Å². The standard InChI is InChI=1S/C11H9ClFN3O2S/c12-7-3-4-8(13)10(6-7)16-19(17,18)11-9(14)2-1-5-15-11/h1-6,16H,14H2. The molecule has 2 rings (SSSR count). The van der Waals surface area contributed by atoms with Gasteiger partial charge in [0.2, 0.25) is 0 Å². The molecule has 2 aromatic rings. The highest BCUT2D eigenvalue weighted by molar-refractivity contribution is 7.92. The molecule has 1 aromatic heterocycles. The van der Waals surface area contributed by atoms with Crippen LogP contribution in [0.25, 0.3) is 0 Å². The number of nitrogens with zero attached hydrogens (tertiary/aromatic N) is 1. The molecule has 0 saturated heterocycles. The van der Waals surface area contributed by atoms with E-state index in [1.165, 1.54) is 24.4 Å². The number of nitrogens with one attached hydrogen (secondary N) is 1. The summed E-state index contributed by atoms with van der Waals surface area (Å²) >= 11 is 5.68. The zero-order valence-electron chi connectivity index (χ0n) is 9.47. The molecular formula is C11H9ClFN3O2S. The maximum Gasteiger partial charge on any atom is 0.281 e. The Morgan fingerprint density at radius 3 is 2.74 bits per heavy atom. The van der Waals surface area contributed by atoms with Crippen LogP contribution in [0, 0.1) is 5.82 Å². The van der Waals surface area contributed by atoms with Crippen LogP contribution in [0.15, 0.2) is 41.6 Å². The van der Waals surface area contributed by atoms with Crippen molar-refractivity contribution in [2.45, 2.75) is 5.03 Å². The zero-order chi connectivity index (χ0) is 14.0. The highest BCUT2D eigenvalue weighted by Crippen LogP contribution is 2.23. The van der Waals surface area contributed by atoms with Crippen molar-refractivity contribution in [1.82, 2.24) is 4.98 Å². The van der Waals surface area contributed by atoms with Crippen molar-refractivity contribution in [3.8, 4) is 0 Å². The highest BCUT2D eigenvalue weighted by Gasteiger charge is 2.20. The highest BCUT2D eigenvalue weighted by atomic mass is 35.5. The van der Waals surface area contributed by atoms with Crippen LogP contribution in [0.3, 0.4) is 0 Å². The van der Waals surface area contributed by atoms with Gasteiger partial charge in [-0.25, -0.2) is 9.37 Å². The Bertz CT molecular complexity index is 722. The molecule has 0 unspecified atom stereocenters. The van der Waals surface area contributed by atoms with Crippen molar-refractivity contribution >= 4 is 33.0 Å². The van der Waals surface area contributed by atoms with E-state index < -0.39 is 15.8 Å². The molecule has 0 aliphatic heterocycles. The van der Waals surface area contributed by atoms with Gasteiger partial charge in [-0.1, -0.05) is 11.6 Å². The van der Waals surface area contributed by atoms with E-state index in [-0.39, 0.29) is 21.4 Å². The molecule has 3 N–H and O–H groups in total. The van der Waals surface area contributed by atoms with Gasteiger partial charge in [0.05, 0.1) is 11.4 Å². The summed E-state index contributed by atoms with van der Waals surface area (Å²) < 4.78 is 39.6. The first kappa shape index (κ1) is 13.6. The van der Waals surface area contributed by atoms with Gasteiger partial charge >= 0.3 is 0 Å². The molecule has 0 atom stereocenters. The molecular weight excluding hydrogens is 293 g/mol. The third-order valence-corrected chi connectivity index (χ3v) is 3.80. The van der Waals surface area contributed by atoms with Crippen molar-refractivity contribution in [3.05, 3.63) is 47.4 Å². The summed E-state index contributed by atoms with van der Waals surface area (Å²) in [6.45, 7) is 0. The normalized spacial score (nSPS) is 11.3. The van der Waals surface area contributed by atoms with Gasteiger partial charge in [0.15, 0.2) is 5.03 Å². The SMILES string of the molecule is Nc1cccnc1S(=O)(=O)Nc1cc(Cl)ccc1F. The Labute approximate surface area is 114 Å². The zero-order valence-corrected chi connectivity index (χ0v) is 11.0. The number of pyridine rings is 1. The summed E-state index contributed by atoms with van der Waals surface area (Å²) in [5.74, 6) is -0.748. The summed E-state index contributed by atoms with van der Waals surface area (Å²) in [7, 11) is -4.07. The summed E-state index contributed by atoms with van der Waals surface area (Å²) in [4.78, 5) is 3.67. The fourth-order valence-corrected chi connectivity index (χ4v) is 2.69. The van der Waals surface area contributed by atoms with Gasteiger partial charge in [0.1, 0.15) is 5.82 Å². The van der Waals surface area contributed by atoms with E-state index in [0.29, 0.717) is 0 Å². The minimum atomic E-state index is -4.07. The molecule has 100 valence electrons. The summed E-state index contributed by atoms with van der Waals surface area (Å²) in [6.07, 6.45) is 1.28. The van der Waals surface area contributed by atoms with Crippen LogP contribution in [0.1, 0.15) is 0 Å². The Hall–Kier alpha value is -1.86. The van der Waals surface area contributed by atoms with Gasteiger partial charge in [0, 0.05) is 11.2 Å². The minimum Gasteiger partial charge on any atom is -0.396 e. The predicted molar refractivity (Wildman–Crippen MR) is 70.9 cm³/mol. The first-order valence-corrected chi connectivity index (χ1v) is 6.94. The lowest BCUT2D eigenvalue weighted by atomic mass is 10.3. The van der Waals surface area contributed by atoms with Crippen molar-refractivity contribution in [1.29, 1.82) is 0 Å². The van der Waals surface area contributed by atoms with Crippen LogP contribution >= 0.6 is 11.6 Å². The molecule has 0 bridgehead atoms. The van der Waals surface area contributed by atoms with E-state index in [4.69, 9.17) is 17.3 Å². The number of rotatable bonds is 3. The quantitative estimate of drug-likeness (QED) is 0.910. The van der Waals surface area contributed by atoms with Gasteiger partial charge in [0.25, 0.3) is 10.0 Å². The minimum absolute atomic E-state index is 0.0302. The topological polar surface area (TPSA) is 85.1 Å². The van der Waals surface area contributed by atoms with Crippen LogP contribution in [0.5, 0.6) is 0 Å². The second-order valence-corrected chi connectivity index (χ2v) is 5.66. The second kappa shape index (κ2) is 5.02. The average Bonchev–Trinajstić information content (AvgIpc) is 2.34. The van der Waals surface area contributed by atoms with E-state index in [1.807, 2.05) is 0 Å². The summed E-state index contributed by atoms with van der Waals surface area (Å²) in [5, 5.41) is -0.164. The van der Waals surface area contributed by atoms with Gasteiger partial charge in [-0.3, -0.25) is 4.72 Å². The molecule has 0 amide bonds. The number of hydrogen-bond acceptors (Lipinski definition) is 4. The number of nitrogens with two attached hydrogens (primary N) is 1. The van der Waals surface area contributed by atoms with Gasteiger partial charge in [-0.2, -0.15) is 8.42 Å². The number of benzene rings is 1. The van der Waals surface area contributed by atoms with E-state index in [1.54, 1.807) is 0 Å². The predicted octanol–water partition coefficient (Wildman–Crippen LogP) is 2.26. The maximum atomic E-state index is 13.5. The van der Waals surface area contributed by atoms with Crippen LogP contribution in [-0.4, -0.2) is 13.4 Å². The molecule has 0 radical (unpaired) electrons. The molecule has 5 nitrogen and oxygen atoms in total. The molecule has 0 saturated carbocycles. The number of anilines is 2. The number of halogens is 2. The molecule has 0 aliphatic rings. The van der Waals surface area contributed by atoms with E-state index in [9.17, 15) is 12.8 Å². The third-order valence-electron chi connectivity index (χ3n) is 2.23. The summed E-state index contributed by atoms with van der Waals surface area (Å²) in [6, 6.07) is 6.41. The second-order valence-electron chi connectivity index (χ2n) is 3.63. The van der Waals surface area contributed by atoms with Crippen molar-refractivity contribution < 1.29 is 12.8 Å².